The highest BCUT2D eigenvalue weighted by atomic mass is 19.4. The number of nitrogens with one attached hydrogen (secondary N) is 1. The summed E-state index contributed by atoms with van der Waals surface area (Å²) >= 11 is 0. The van der Waals surface area contributed by atoms with Gasteiger partial charge in [-0.2, -0.15) is 13.2 Å². The molecule has 0 saturated carbocycles. The maximum atomic E-state index is 12.5. The normalized spacial score (nSPS) is 11.4. The molecule has 0 atom stereocenters. The van der Waals surface area contributed by atoms with E-state index < -0.39 is 29.0 Å². The molecule has 0 aliphatic heterocycles. The molecule has 0 saturated heterocycles. The lowest BCUT2D eigenvalue weighted by molar-refractivity contribution is -0.215. The minimum atomic E-state index is -4.83. The lowest BCUT2D eigenvalue weighted by Gasteiger charge is -2.15. The SMILES string of the molecule is N=C([O-])c1ccc(F)cc1C(F)(F)F. The van der Waals surface area contributed by atoms with E-state index >= 15 is 0 Å². The number of alkyl halides is 3. The average molecular weight is 206 g/mol. The summed E-state index contributed by atoms with van der Waals surface area (Å²) in [7, 11) is 0. The summed E-state index contributed by atoms with van der Waals surface area (Å²) in [4.78, 5) is 0. The number of halogens is 4. The van der Waals surface area contributed by atoms with Gasteiger partial charge in [-0.25, -0.2) is 4.39 Å². The minimum absolute atomic E-state index is 0.196. The van der Waals surface area contributed by atoms with Gasteiger partial charge in [0.15, 0.2) is 0 Å². The van der Waals surface area contributed by atoms with Gasteiger partial charge in [0.25, 0.3) is 0 Å². The van der Waals surface area contributed by atoms with Crippen molar-refractivity contribution in [2.45, 2.75) is 6.18 Å². The molecule has 2 nitrogen and oxygen atoms in total. The van der Waals surface area contributed by atoms with Crippen LogP contribution in [0.3, 0.4) is 0 Å². The number of hydrogen-bond donors (Lipinski definition) is 1. The maximum Gasteiger partial charge on any atom is 0.417 e. The van der Waals surface area contributed by atoms with Gasteiger partial charge in [0.2, 0.25) is 0 Å². The van der Waals surface area contributed by atoms with Crippen LogP contribution in [0.25, 0.3) is 0 Å². The third-order valence-electron chi connectivity index (χ3n) is 1.53. The lowest BCUT2D eigenvalue weighted by atomic mass is 10.1. The van der Waals surface area contributed by atoms with Gasteiger partial charge in [-0.3, -0.25) is 0 Å². The molecule has 0 aromatic heterocycles. The maximum absolute atomic E-state index is 12.5. The Hall–Kier alpha value is -1.59. The molecule has 0 radical (unpaired) electrons. The molecule has 1 N–H and O–H groups in total. The Morgan fingerprint density at radius 1 is 1.29 bits per heavy atom. The smallest absolute Gasteiger partial charge is 0.417 e. The second-order valence-corrected chi connectivity index (χ2v) is 2.52. The standard InChI is InChI=1S/C8H5F4NO/c9-4-1-2-5(7(13)14)6(3-4)8(10,11)12/h1-3H,(H2,13,14)/p-1. The van der Waals surface area contributed by atoms with Gasteiger partial charge in [-0.1, -0.05) is 6.07 Å². The third-order valence-corrected chi connectivity index (χ3v) is 1.53. The molecule has 0 amide bonds. The van der Waals surface area contributed by atoms with Crippen LogP contribution in [0.5, 0.6) is 0 Å². The Balaban J connectivity index is 3.38. The summed E-state index contributed by atoms with van der Waals surface area (Å²) in [5.41, 5.74) is -2.27. The van der Waals surface area contributed by atoms with Crippen molar-refractivity contribution in [1.29, 1.82) is 5.41 Å². The zero-order valence-corrected chi connectivity index (χ0v) is 6.65. The van der Waals surface area contributed by atoms with Crippen molar-refractivity contribution < 1.29 is 22.7 Å². The van der Waals surface area contributed by atoms with Gasteiger partial charge in [0, 0.05) is 0 Å². The van der Waals surface area contributed by atoms with Crippen LogP contribution in [0.1, 0.15) is 11.1 Å². The van der Waals surface area contributed by atoms with Crippen molar-refractivity contribution in [3.8, 4) is 0 Å². The van der Waals surface area contributed by atoms with E-state index in [-0.39, 0.29) is 6.07 Å². The van der Waals surface area contributed by atoms with E-state index in [1.807, 2.05) is 0 Å². The average Bonchev–Trinajstić information content (AvgIpc) is 2.01. The van der Waals surface area contributed by atoms with Crippen LogP contribution in [-0.2, 0) is 6.18 Å². The highest BCUT2D eigenvalue weighted by Gasteiger charge is 2.33. The monoisotopic (exact) mass is 206 g/mol. The van der Waals surface area contributed by atoms with E-state index in [9.17, 15) is 22.7 Å². The van der Waals surface area contributed by atoms with E-state index in [4.69, 9.17) is 5.41 Å². The minimum Gasteiger partial charge on any atom is -0.859 e. The van der Waals surface area contributed by atoms with Crippen molar-refractivity contribution in [3.63, 3.8) is 0 Å². The molecule has 14 heavy (non-hydrogen) atoms. The first-order valence-electron chi connectivity index (χ1n) is 3.45. The molecule has 6 heteroatoms. The Morgan fingerprint density at radius 3 is 2.29 bits per heavy atom. The summed E-state index contributed by atoms with van der Waals surface area (Å²) in [6.45, 7) is 0. The molecule has 0 aliphatic rings. The first-order chi connectivity index (χ1) is 6.32. The molecule has 0 aliphatic carbocycles. The Kier molecular flexibility index (Phi) is 2.46. The molecule has 0 heterocycles. The number of hydrogen-bond acceptors (Lipinski definition) is 2. The summed E-state index contributed by atoms with van der Waals surface area (Å²) in [6, 6.07) is 1.55. The molecule has 76 valence electrons. The fourth-order valence-corrected chi connectivity index (χ4v) is 0.949. The quantitative estimate of drug-likeness (QED) is 0.422. The van der Waals surface area contributed by atoms with E-state index in [0.717, 1.165) is 0 Å². The van der Waals surface area contributed by atoms with Crippen LogP contribution >= 0.6 is 0 Å². The van der Waals surface area contributed by atoms with Crippen molar-refractivity contribution in [2.75, 3.05) is 0 Å². The molecule has 1 rings (SSSR count). The van der Waals surface area contributed by atoms with Gasteiger partial charge in [-0.15, -0.1) is 0 Å². The summed E-state index contributed by atoms with van der Waals surface area (Å²) in [5.74, 6) is -2.58. The Morgan fingerprint density at radius 2 is 1.86 bits per heavy atom. The fraction of sp³-hybridized carbons (Fsp3) is 0.125. The largest absolute Gasteiger partial charge is 0.859 e. The van der Waals surface area contributed by atoms with Gasteiger partial charge in [0.1, 0.15) is 5.82 Å². The molecule has 0 unspecified atom stereocenters. The summed E-state index contributed by atoms with van der Waals surface area (Å²) in [6.07, 6.45) is -4.83. The predicted molar refractivity (Wildman–Crippen MR) is 38.2 cm³/mol. The zero-order valence-electron chi connectivity index (χ0n) is 6.65. The molecule has 0 spiro atoms. The highest BCUT2D eigenvalue weighted by molar-refractivity contribution is 5.89. The Bertz CT molecular complexity index is 372. The van der Waals surface area contributed by atoms with Crippen LogP contribution in [0.4, 0.5) is 17.6 Å². The fourth-order valence-electron chi connectivity index (χ4n) is 0.949. The van der Waals surface area contributed by atoms with Crippen LogP contribution in [0, 0.1) is 11.2 Å². The Labute approximate surface area is 76.3 Å². The van der Waals surface area contributed by atoms with E-state index in [0.29, 0.717) is 12.1 Å². The van der Waals surface area contributed by atoms with Crippen molar-refractivity contribution in [1.82, 2.24) is 0 Å². The van der Waals surface area contributed by atoms with Crippen LogP contribution in [0.2, 0.25) is 0 Å². The topological polar surface area (TPSA) is 46.9 Å². The highest BCUT2D eigenvalue weighted by Crippen LogP contribution is 2.32. The second kappa shape index (κ2) is 3.28. The summed E-state index contributed by atoms with van der Waals surface area (Å²) < 4.78 is 49.0. The number of rotatable bonds is 1. The molecular formula is C8H4F4NO-. The first kappa shape index (κ1) is 10.5. The second-order valence-electron chi connectivity index (χ2n) is 2.52. The van der Waals surface area contributed by atoms with Gasteiger partial charge < -0.3 is 10.5 Å². The van der Waals surface area contributed by atoms with Crippen LogP contribution in [0.15, 0.2) is 18.2 Å². The van der Waals surface area contributed by atoms with E-state index in [2.05, 4.69) is 0 Å². The lowest BCUT2D eigenvalue weighted by Crippen LogP contribution is -2.22. The molecule has 0 fully saturated rings. The van der Waals surface area contributed by atoms with Crippen LogP contribution in [-0.4, -0.2) is 5.90 Å². The third kappa shape index (κ3) is 2.01. The molecular weight excluding hydrogens is 202 g/mol. The van der Waals surface area contributed by atoms with Gasteiger partial charge in [0.05, 0.1) is 5.56 Å². The van der Waals surface area contributed by atoms with Crippen molar-refractivity contribution in [2.24, 2.45) is 0 Å². The van der Waals surface area contributed by atoms with Crippen molar-refractivity contribution in [3.05, 3.63) is 35.1 Å². The van der Waals surface area contributed by atoms with Gasteiger partial charge in [-0.05, 0) is 23.6 Å². The molecule has 0 bridgehead atoms. The van der Waals surface area contributed by atoms with E-state index in [1.54, 1.807) is 0 Å². The van der Waals surface area contributed by atoms with Crippen molar-refractivity contribution >= 4 is 5.90 Å². The first-order valence-corrected chi connectivity index (χ1v) is 3.45. The van der Waals surface area contributed by atoms with Crippen LogP contribution < -0.4 is 5.11 Å². The van der Waals surface area contributed by atoms with Gasteiger partial charge >= 0.3 is 6.18 Å². The molecule has 1 aromatic rings. The summed E-state index contributed by atoms with van der Waals surface area (Å²) in [5, 5.41) is 17.0. The predicted octanol–water partition coefficient (Wildman–Crippen LogP) is 1.53. The zero-order chi connectivity index (χ0) is 10.9. The number of benzene rings is 1. The molecule has 1 aromatic carbocycles. The van der Waals surface area contributed by atoms with E-state index in [1.165, 1.54) is 0 Å².